The molecule has 0 fully saturated rings. The molecular weight excluding hydrogens is 446 g/mol. The summed E-state index contributed by atoms with van der Waals surface area (Å²) in [5.41, 5.74) is 5.01. The Labute approximate surface area is 164 Å². The van der Waals surface area contributed by atoms with E-state index in [1.807, 2.05) is 0 Å². The van der Waals surface area contributed by atoms with Crippen LogP contribution in [0.1, 0.15) is 10.4 Å². The number of nitrogens with one attached hydrogen (secondary N) is 2. The zero-order valence-electron chi connectivity index (χ0n) is 13.6. The molecule has 138 valence electrons. The molecule has 2 N–H and O–H groups in total. The Kier molecular flexibility index (Phi) is 6.63. The molecular formula is C16H15BrClN3O4S. The van der Waals surface area contributed by atoms with Crippen LogP contribution in [0.15, 0.2) is 53.0 Å². The van der Waals surface area contributed by atoms with Gasteiger partial charge in [-0.25, -0.2) is 8.42 Å². The lowest BCUT2D eigenvalue weighted by Crippen LogP contribution is -2.47. The van der Waals surface area contributed by atoms with Gasteiger partial charge in [0, 0.05) is 15.1 Å². The average Bonchev–Trinajstić information content (AvgIpc) is 2.57. The second-order valence-electron chi connectivity index (χ2n) is 5.26. The Hall–Kier alpha value is -2.10. The lowest BCUT2D eigenvalue weighted by molar-refractivity contribution is -0.120. The second-order valence-corrected chi connectivity index (χ2v) is 8.52. The van der Waals surface area contributed by atoms with Gasteiger partial charge in [-0.1, -0.05) is 33.6 Å². The third-order valence-electron chi connectivity index (χ3n) is 3.21. The van der Waals surface area contributed by atoms with Crippen LogP contribution >= 0.6 is 27.5 Å². The Balaban J connectivity index is 2.03. The maximum absolute atomic E-state index is 12.1. The first-order valence-corrected chi connectivity index (χ1v) is 10.3. The van der Waals surface area contributed by atoms with Crippen molar-refractivity contribution in [2.24, 2.45) is 0 Å². The molecule has 0 spiro atoms. The van der Waals surface area contributed by atoms with E-state index in [0.717, 1.165) is 15.0 Å². The summed E-state index contributed by atoms with van der Waals surface area (Å²) >= 11 is 9.13. The molecule has 10 heteroatoms. The van der Waals surface area contributed by atoms with Gasteiger partial charge in [-0.05, 0) is 42.5 Å². The largest absolute Gasteiger partial charge is 0.271 e. The molecule has 7 nitrogen and oxygen atoms in total. The lowest BCUT2D eigenvalue weighted by atomic mass is 10.2. The normalized spacial score (nSPS) is 10.9. The van der Waals surface area contributed by atoms with E-state index in [0.29, 0.717) is 10.6 Å². The predicted molar refractivity (Wildman–Crippen MR) is 103 cm³/mol. The third kappa shape index (κ3) is 5.72. The molecule has 0 unspecified atom stereocenters. The van der Waals surface area contributed by atoms with Gasteiger partial charge in [0.15, 0.2) is 0 Å². The molecule has 0 radical (unpaired) electrons. The smallest absolute Gasteiger partial charge is 0.269 e. The van der Waals surface area contributed by atoms with Crippen molar-refractivity contribution in [2.45, 2.75) is 0 Å². The SMILES string of the molecule is CS(=O)(=O)N(CC(=O)NNC(=O)c1ccc(Br)cc1)c1cccc(Cl)c1. The van der Waals surface area contributed by atoms with Gasteiger partial charge < -0.3 is 0 Å². The summed E-state index contributed by atoms with van der Waals surface area (Å²) in [6.07, 6.45) is 0.974. The summed E-state index contributed by atoms with van der Waals surface area (Å²) in [6.45, 7) is -0.514. The van der Waals surface area contributed by atoms with E-state index >= 15 is 0 Å². The van der Waals surface area contributed by atoms with E-state index in [-0.39, 0.29) is 5.69 Å². The molecule has 0 bridgehead atoms. The van der Waals surface area contributed by atoms with Gasteiger partial charge in [0.1, 0.15) is 6.54 Å². The average molecular weight is 461 g/mol. The summed E-state index contributed by atoms with van der Waals surface area (Å²) in [7, 11) is -3.73. The molecule has 0 aliphatic rings. The van der Waals surface area contributed by atoms with Crippen molar-refractivity contribution in [1.82, 2.24) is 10.9 Å². The van der Waals surface area contributed by atoms with E-state index in [2.05, 4.69) is 26.8 Å². The maximum Gasteiger partial charge on any atom is 0.269 e. The van der Waals surface area contributed by atoms with Gasteiger partial charge in [0.2, 0.25) is 10.0 Å². The van der Waals surface area contributed by atoms with Crippen LogP contribution in [0.4, 0.5) is 5.69 Å². The number of carbonyl (C=O) groups is 2. The van der Waals surface area contributed by atoms with Crippen molar-refractivity contribution >= 4 is 55.1 Å². The molecule has 0 aliphatic carbocycles. The fourth-order valence-corrected chi connectivity index (χ4v) is 3.30. The van der Waals surface area contributed by atoms with Gasteiger partial charge in [0.25, 0.3) is 11.8 Å². The van der Waals surface area contributed by atoms with Gasteiger partial charge in [-0.2, -0.15) is 0 Å². The van der Waals surface area contributed by atoms with Crippen molar-refractivity contribution in [3.05, 3.63) is 63.6 Å². The van der Waals surface area contributed by atoms with Gasteiger partial charge >= 0.3 is 0 Å². The van der Waals surface area contributed by atoms with Crippen molar-refractivity contribution in [3.63, 3.8) is 0 Å². The number of nitrogens with zero attached hydrogens (tertiary/aromatic N) is 1. The minimum atomic E-state index is -3.73. The molecule has 2 aromatic rings. The molecule has 0 saturated heterocycles. The van der Waals surface area contributed by atoms with Crippen LogP contribution < -0.4 is 15.2 Å². The number of carbonyl (C=O) groups excluding carboxylic acids is 2. The Morgan fingerprint density at radius 2 is 1.77 bits per heavy atom. The number of sulfonamides is 1. The standard InChI is InChI=1S/C16H15BrClN3O4S/c1-26(24,25)21(14-4-2-3-13(18)9-14)10-15(22)19-20-16(23)11-5-7-12(17)8-6-11/h2-9H,10H2,1H3,(H,19,22)(H,20,23). The highest BCUT2D eigenvalue weighted by molar-refractivity contribution is 9.10. The first-order valence-electron chi connectivity index (χ1n) is 7.25. The van der Waals surface area contributed by atoms with Crippen LogP contribution in [0.25, 0.3) is 0 Å². The van der Waals surface area contributed by atoms with Crippen LogP contribution in [-0.4, -0.2) is 33.0 Å². The molecule has 0 atom stereocenters. The molecule has 0 aliphatic heterocycles. The molecule has 2 rings (SSSR count). The fraction of sp³-hybridized carbons (Fsp3) is 0.125. The van der Waals surface area contributed by atoms with Crippen molar-refractivity contribution in [1.29, 1.82) is 0 Å². The van der Waals surface area contributed by atoms with Crippen molar-refractivity contribution in [2.75, 3.05) is 17.1 Å². The first kappa shape index (κ1) is 20.2. The molecule has 26 heavy (non-hydrogen) atoms. The molecule has 0 heterocycles. The van der Waals surface area contributed by atoms with Gasteiger partial charge in [-0.15, -0.1) is 0 Å². The quantitative estimate of drug-likeness (QED) is 0.670. The number of halogens is 2. The Morgan fingerprint density at radius 1 is 1.12 bits per heavy atom. The number of rotatable bonds is 5. The highest BCUT2D eigenvalue weighted by atomic mass is 79.9. The number of hydrazine groups is 1. The minimum absolute atomic E-state index is 0.245. The first-order chi connectivity index (χ1) is 12.2. The molecule has 2 aromatic carbocycles. The zero-order valence-corrected chi connectivity index (χ0v) is 16.7. The van der Waals surface area contributed by atoms with Crippen molar-refractivity contribution < 1.29 is 18.0 Å². The predicted octanol–water partition coefficient (Wildman–Crippen LogP) is 2.33. The number of benzene rings is 2. The van der Waals surface area contributed by atoms with Crippen molar-refractivity contribution in [3.8, 4) is 0 Å². The summed E-state index contributed by atoms with van der Waals surface area (Å²) in [5.74, 6) is -1.24. The van der Waals surface area contributed by atoms with E-state index in [1.165, 1.54) is 12.1 Å². The number of hydrogen-bond donors (Lipinski definition) is 2. The monoisotopic (exact) mass is 459 g/mol. The van der Waals surface area contributed by atoms with Crippen LogP contribution in [0.3, 0.4) is 0 Å². The number of anilines is 1. The van der Waals surface area contributed by atoms with Crippen LogP contribution in [0.2, 0.25) is 5.02 Å². The Morgan fingerprint density at radius 3 is 2.35 bits per heavy atom. The summed E-state index contributed by atoms with van der Waals surface area (Å²) < 4.78 is 25.7. The molecule has 0 aromatic heterocycles. The minimum Gasteiger partial charge on any atom is -0.271 e. The van der Waals surface area contributed by atoms with Gasteiger partial charge in [0.05, 0.1) is 11.9 Å². The third-order valence-corrected chi connectivity index (χ3v) is 5.11. The molecule has 2 amide bonds. The topological polar surface area (TPSA) is 95.6 Å². The highest BCUT2D eigenvalue weighted by Crippen LogP contribution is 2.21. The highest BCUT2D eigenvalue weighted by Gasteiger charge is 2.21. The van der Waals surface area contributed by atoms with Crippen LogP contribution in [0, 0.1) is 0 Å². The molecule has 0 saturated carbocycles. The van der Waals surface area contributed by atoms with E-state index in [4.69, 9.17) is 11.6 Å². The van der Waals surface area contributed by atoms with Gasteiger partial charge in [-0.3, -0.25) is 24.7 Å². The summed E-state index contributed by atoms with van der Waals surface area (Å²) in [5, 5.41) is 0.333. The van der Waals surface area contributed by atoms with E-state index in [1.54, 1.807) is 36.4 Å². The summed E-state index contributed by atoms with van der Waals surface area (Å²) in [4.78, 5) is 24.0. The Bertz CT molecular complexity index is 919. The number of hydrogen-bond acceptors (Lipinski definition) is 4. The van der Waals surface area contributed by atoms with E-state index in [9.17, 15) is 18.0 Å². The zero-order chi connectivity index (χ0) is 19.3. The van der Waals surface area contributed by atoms with Crippen LogP contribution in [-0.2, 0) is 14.8 Å². The maximum atomic E-state index is 12.1. The van der Waals surface area contributed by atoms with E-state index < -0.39 is 28.4 Å². The number of amides is 2. The second kappa shape index (κ2) is 8.52. The lowest BCUT2D eigenvalue weighted by Gasteiger charge is -2.22. The fourth-order valence-electron chi connectivity index (χ4n) is 2.00. The van der Waals surface area contributed by atoms with Crippen LogP contribution in [0.5, 0.6) is 0 Å². The summed E-state index contributed by atoms with van der Waals surface area (Å²) in [6, 6.07) is 12.6.